The molecule has 19 heavy (non-hydrogen) atoms. The molecule has 0 aromatic carbocycles. The third kappa shape index (κ3) is 3.24. The van der Waals surface area contributed by atoms with Crippen molar-refractivity contribution in [1.82, 2.24) is 0 Å². The van der Waals surface area contributed by atoms with E-state index in [2.05, 4.69) is 27.0 Å². The third-order valence-electron chi connectivity index (χ3n) is 5.49. The van der Waals surface area contributed by atoms with Gasteiger partial charge in [-0.05, 0) is 54.9 Å². The molecule has 108 valence electrons. The van der Waals surface area contributed by atoms with Crippen LogP contribution in [0, 0.1) is 29.6 Å². The molecule has 0 bridgehead atoms. The molecule has 0 radical (unpaired) electrons. The lowest BCUT2D eigenvalue weighted by molar-refractivity contribution is 0.167. The summed E-state index contributed by atoms with van der Waals surface area (Å²) in [6, 6.07) is 0. The van der Waals surface area contributed by atoms with Crippen LogP contribution in [0.1, 0.15) is 52.4 Å². The quantitative estimate of drug-likeness (QED) is 0.453. The molecule has 0 aromatic heterocycles. The Kier molecular flexibility index (Phi) is 5.13. The second-order valence-corrected chi connectivity index (χ2v) is 6.60. The first-order chi connectivity index (χ1) is 9.19. The smallest absolute Gasteiger partial charge is 0.111 e. The zero-order valence-corrected chi connectivity index (χ0v) is 12.7. The molecule has 0 amide bonds. The van der Waals surface area contributed by atoms with E-state index in [4.69, 9.17) is 4.74 Å². The van der Waals surface area contributed by atoms with Gasteiger partial charge in [-0.3, -0.25) is 0 Å². The van der Waals surface area contributed by atoms with Gasteiger partial charge in [-0.25, -0.2) is 0 Å². The van der Waals surface area contributed by atoms with Crippen molar-refractivity contribution in [3.63, 3.8) is 0 Å². The highest BCUT2D eigenvalue weighted by Crippen LogP contribution is 2.55. The van der Waals surface area contributed by atoms with Crippen LogP contribution in [0.15, 0.2) is 25.0 Å². The Morgan fingerprint density at radius 2 is 1.84 bits per heavy atom. The Bertz CT molecular complexity index is 320. The van der Waals surface area contributed by atoms with Crippen molar-refractivity contribution >= 4 is 0 Å². The molecule has 0 spiro atoms. The topological polar surface area (TPSA) is 9.23 Å². The maximum Gasteiger partial charge on any atom is 0.111 e. The van der Waals surface area contributed by atoms with Gasteiger partial charge in [-0.1, -0.05) is 46.3 Å². The molecule has 1 heteroatoms. The lowest BCUT2D eigenvalue weighted by atomic mass is 9.88. The van der Waals surface area contributed by atoms with E-state index in [0.717, 1.165) is 42.0 Å². The molecule has 2 aliphatic carbocycles. The molecular formula is C18H30O. The van der Waals surface area contributed by atoms with Crippen molar-refractivity contribution in [2.75, 3.05) is 6.61 Å². The molecule has 0 aliphatic heterocycles. The van der Waals surface area contributed by atoms with Gasteiger partial charge in [0.2, 0.25) is 0 Å². The van der Waals surface area contributed by atoms with Gasteiger partial charge < -0.3 is 4.74 Å². The van der Waals surface area contributed by atoms with Crippen LogP contribution >= 0.6 is 0 Å². The van der Waals surface area contributed by atoms with Gasteiger partial charge in [-0.2, -0.15) is 0 Å². The van der Waals surface area contributed by atoms with Crippen molar-refractivity contribution in [1.29, 1.82) is 0 Å². The molecule has 2 fully saturated rings. The maximum atomic E-state index is 5.69. The van der Waals surface area contributed by atoms with Gasteiger partial charge in [0, 0.05) is 0 Å². The monoisotopic (exact) mass is 262 g/mol. The van der Waals surface area contributed by atoms with Crippen LogP contribution < -0.4 is 0 Å². The molecule has 2 aliphatic rings. The largest absolute Gasteiger partial charge is 0.494 e. The summed E-state index contributed by atoms with van der Waals surface area (Å²) >= 11 is 0. The molecular weight excluding hydrogens is 232 g/mol. The van der Waals surface area contributed by atoms with Crippen LogP contribution in [0.4, 0.5) is 0 Å². The second kappa shape index (κ2) is 6.63. The van der Waals surface area contributed by atoms with Gasteiger partial charge in [0.15, 0.2) is 0 Å². The highest BCUT2D eigenvalue weighted by atomic mass is 16.5. The minimum absolute atomic E-state index is 0.731. The number of ether oxygens (including phenoxy) is 1. The predicted octanol–water partition coefficient (Wildman–Crippen LogP) is 5.19. The van der Waals surface area contributed by atoms with Crippen molar-refractivity contribution in [3.8, 4) is 0 Å². The Morgan fingerprint density at radius 3 is 2.42 bits per heavy atom. The van der Waals surface area contributed by atoms with Crippen molar-refractivity contribution in [3.05, 3.63) is 25.0 Å². The summed E-state index contributed by atoms with van der Waals surface area (Å²) in [4.78, 5) is 0. The summed E-state index contributed by atoms with van der Waals surface area (Å²) in [5.74, 6) is 5.42. The first-order valence-electron chi connectivity index (χ1n) is 8.13. The summed E-state index contributed by atoms with van der Waals surface area (Å²) in [6.07, 6.45) is 10.1. The third-order valence-corrected chi connectivity index (χ3v) is 5.49. The molecule has 2 rings (SSSR count). The molecule has 2 saturated carbocycles. The van der Waals surface area contributed by atoms with Crippen LogP contribution in [0.3, 0.4) is 0 Å². The van der Waals surface area contributed by atoms with E-state index in [9.17, 15) is 0 Å². The van der Waals surface area contributed by atoms with Gasteiger partial charge >= 0.3 is 0 Å². The Balaban J connectivity index is 1.90. The molecule has 1 nitrogen and oxygen atoms in total. The Morgan fingerprint density at radius 1 is 1.16 bits per heavy atom. The molecule has 0 aromatic rings. The summed E-state index contributed by atoms with van der Waals surface area (Å²) in [5.41, 5.74) is 0. The standard InChI is InChI=1S/C18H30O/c1-5-8-16-11-15(7-3)17-9-14(10-18(16)17)12-19-13(4)6-2/h6,14-18H,2,4-5,7-12H2,1,3H3. The number of rotatable bonds is 7. The number of hydrogen-bond acceptors (Lipinski definition) is 1. The van der Waals surface area contributed by atoms with Crippen LogP contribution in [-0.4, -0.2) is 6.61 Å². The molecule has 0 saturated heterocycles. The Hall–Kier alpha value is -0.720. The van der Waals surface area contributed by atoms with Crippen molar-refractivity contribution in [2.45, 2.75) is 52.4 Å². The minimum Gasteiger partial charge on any atom is -0.494 e. The summed E-state index contributed by atoms with van der Waals surface area (Å²) in [7, 11) is 0. The SMILES string of the molecule is C=CC(=C)OCC1CC2C(CC)CC(CCC)C2C1. The van der Waals surface area contributed by atoms with E-state index in [1.165, 1.54) is 38.5 Å². The highest BCUT2D eigenvalue weighted by Gasteiger charge is 2.47. The normalized spacial score (nSPS) is 37.1. The van der Waals surface area contributed by atoms with Crippen LogP contribution in [0.25, 0.3) is 0 Å². The van der Waals surface area contributed by atoms with Gasteiger partial charge in [-0.15, -0.1) is 0 Å². The number of fused-ring (bicyclic) bond motifs is 1. The highest BCUT2D eigenvalue weighted by molar-refractivity contribution is 5.02. The van der Waals surface area contributed by atoms with E-state index in [0.29, 0.717) is 0 Å². The van der Waals surface area contributed by atoms with E-state index in [-0.39, 0.29) is 0 Å². The maximum absolute atomic E-state index is 5.69. The van der Waals surface area contributed by atoms with E-state index in [1.807, 2.05) is 0 Å². The fourth-order valence-electron chi connectivity index (χ4n) is 4.63. The fraction of sp³-hybridized carbons (Fsp3) is 0.778. The molecule has 0 heterocycles. The Labute approximate surface area is 119 Å². The molecule has 5 unspecified atom stereocenters. The zero-order chi connectivity index (χ0) is 13.8. The van der Waals surface area contributed by atoms with E-state index in [1.54, 1.807) is 6.08 Å². The first kappa shape index (κ1) is 14.7. The van der Waals surface area contributed by atoms with Crippen LogP contribution in [0.5, 0.6) is 0 Å². The summed E-state index contributed by atoms with van der Waals surface area (Å²) < 4.78 is 5.69. The zero-order valence-electron chi connectivity index (χ0n) is 12.7. The summed E-state index contributed by atoms with van der Waals surface area (Å²) in [5, 5.41) is 0. The number of hydrogen-bond donors (Lipinski definition) is 0. The second-order valence-electron chi connectivity index (χ2n) is 6.60. The van der Waals surface area contributed by atoms with Gasteiger partial charge in [0.25, 0.3) is 0 Å². The van der Waals surface area contributed by atoms with E-state index < -0.39 is 0 Å². The minimum atomic E-state index is 0.731. The van der Waals surface area contributed by atoms with Crippen molar-refractivity contribution < 1.29 is 4.74 Å². The average molecular weight is 262 g/mol. The predicted molar refractivity (Wildman–Crippen MR) is 81.8 cm³/mol. The first-order valence-corrected chi connectivity index (χ1v) is 8.13. The lowest BCUT2D eigenvalue weighted by Crippen LogP contribution is -2.10. The number of allylic oxidation sites excluding steroid dienone is 1. The van der Waals surface area contributed by atoms with E-state index >= 15 is 0 Å². The lowest BCUT2D eigenvalue weighted by Gasteiger charge is -2.18. The molecule has 5 atom stereocenters. The van der Waals surface area contributed by atoms with Crippen LogP contribution in [-0.2, 0) is 4.74 Å². The van der Waals surface area contributed by atoms with Gasteiger partial charge in [0.05, 0.1) is 6.61 Å². The van der Waals surface area contributed by atoms with Crippen molar-refractivity contribution in [2.24, 2.45) is 29.6 Å². The van der Waals surface area contributed by atoms with Crippen LogP contribution in [0.2, 0.25) is 0 Å². The summed E-state index contributed by atoms with van der Waals surface area (Å²) in [6.45, 7) is 13.1. The van der Waals surface area contributed by atoms with Gasteiger partial charge in [0.1, 0.15) is 5.76 Å². The fourth-order valence-corrected chi connectivity index (χ4v) is 4.63. The molecule has 0 N–H and O–H groups in total. The average Bonchev–Trinajstić information content (AvgIpc) is 2.96.